The molecule has 2 aromatic rings. The number of nitrogens with one attached hydrogen (secondary N) is 1. The van der Waals surface area contributed by atoms with E-state index in [1.807, 2.05) is 33.0 Å². The van der Waals surface area contributed by atoms with E-state index >= 15 is 0 Å². The number of rotatable bonds is 11. The molecule has 0 radical (unpaired) electrons. The number of aliphatic carboxylic acids is 1. The van der Waals surface area contributed by atoms with Crippen LogP contribution in [0.3, 0.4) is 0 Å². The van der Waals surface area contributed by atoms with Crippen molar-refractivity contribution in [1.82, 2.24) is 14.8 Å². The summed E-state index contributed by atoms with van der Waals surface area (Å²) in [6, 6.07) is 7.00. The van der Waals surface area contributed by atoms with Gasteiger partial charge in [-0.15, -0.1) is 0 Å². The molecule has 0 saturated heterocycles. The lowest BCUT2D eigenvalue weighted by molar-refractivity contribution is -0.141. The Morgan fingerprint density at radius 1 is 1.12 bits per heavy atom. The van der Waals surface area contributed by atoms with Crippen LogP contribution in [-0.4, -0.2) is 57.8 Å². The number of carbonyl (C=O) groups is 4. The molecule has 2 atom stereocenters. The maximum atomic E-state index is 12.8. The fourth-order valence-electron chi connectivity index (χ4n) is 3.76. The van der Waals surface area contributed by atoms with Crippen LogP contribution in [-0.2, 0) is 32.6 Å². The third kappa shape index (κ3) is 6.42. The number of hydrogen-bond donors (Lipinski definition) is 2. The molecule has 8 heteroatoms. The summed E-state index contributed by atoms with van der Waals surface area (Å²) in [4.78, 5) is 49.9. The number of aromatic nitrogens is 1. The molecule has 2 unspecified atom stereocenters. The highest BCUT2D eigenvalue weighted by Gasteiger charge is 2.30. The third-order valence-electron chi connectivity index (χ3n) is 5.84. The van der Waals surface area contributed by atoms with E-state index in [1.165, 1.54) is 6.92 Å². The van der Waals surface area contributed by atoms with Crippen LogP contribution in [0.15, 0.2) is 30.5 Å². The molecule has 8 nitrogen and oxygen atoms in total. The van der Waals surface area contributed by atoms with Gasteiger partial charge < -0.3 is 19.9 Å². The van der Waals surface area contributed by atoms with Crippen LogP contribution >= 0.6 is 0 Å². The second-order valence-corrected chi connectivity index (χ2v) is 8.67. The Hall–Kier alpha value is -3.16. The number of benzene rings is 1. The van der Waals surface area contributed by atoms with Gasteiger partial charge in [0.25, 0.3) is 0 Å². The third-order valence-corrected chi connectivity index (χ3v) is 5.84. The van der Waals surface area contributed by atoms with E-state index in [0.717, 1.165) is 16.5 Å². The fraction of sp³-hybridized carbons (Fsp3) is 0.500. The van der Waals surface area contributed by atoms with Gasteiger partial charge in [0.2, 0.25) is 11.8 Å². The summed E-state index contributed by atoms with van der Waals surface area (Å²) >= 11 is 0. The van der Waals surface area contributed by atoms with Gasteiger partial charge in [0, 0.05) is 50.1 Å². The molecule has 32 heavy (non-hydrogen) atoms. The summed E-state index contributed by atoms with van der Waals surface area (Å²) in [5, 5.41) is 12.6. The van der Waals surface area contributed by atoms with Gasteiger partial charge >= 0.3 is 5.97 Å². The minimum Gasteiger partial charge on any atom is -0.481 e. The molecule has 0 aliphatic rings. The van der Waals surface area contributed by atoms with Crippen molar-refractivity contribution in [1.29, 1.82) is 0 Å². The molecule has 0 aliphatic heterocycles. The van der Waals surface area contributed by atoms with Crippen LogP contribution in [0.1, 0.15) is 39.2 Å². The second-order valence-electron chi connectivity index (χ2n) is 8.67. The Balaban J connectivity index is 2.01. The fourth-order valence-corrected chi connectivity index (χ4v) is 3.76. The van der Waals surface area contributed by atoms with Crippen molar-refractivity contribution >= 4 is 34.5 Å². The normalized spacial score (nSPS) is 13.1. The van der Waals surface area contributed by atoms with E-state index in [9.17, 15) is 19.2 Å². The average molecular weight is 444 g/mol. The van der Waals surface area contributed by atoms with Crippen molar-refractivity contribution in [2.24, 2.45) is 18.9 Å². The summed E-state index contributed by atoms with van der Waals surface area (Å²) in [5.41, 5.74) is 2.29. The minimum absolute atomic E-state index is 0.00671. The van der Waals surface area contributed by atoms with Gasteiger partial charge in [0.15, 0.2) is 5.78 Å². The van der Waals surface area contributed by atoms with Gasteiger partial charge in [-0.05, 0) is 30.9 Å². The number of carbonyl (C=O) groups excluding carboxylic acids is 3. The number of para-hydroxylation sites is 1. The number of likely N-dealkylation sites (N-methyl/N-ethyl adjacent to an activating group) is 1. The van der Waals surface area contributed by atoms with E-state index in [0.29, 0.717) is 13.0 Å². The van der Waals surface area contributed by atoms with Gasteiger partial charge in [0.05, 0.1) is 12.5 Å². The molecule has 1 aromatic heterocycles. The van der Waals surface area contributed by atoms with Gasteiger partial charge in [0.1, 0.15) is 0 Å². The zero-order chi connectivity index (χ0) is 24.0. The maximum absolute atomic E-state index is 12.8. The SMILES string of the molecule is CC(=O)C(CC(=O)O)NC(=O)C(CC(=O)N(C)CCc1cn(C)c2ccccc12)C(C)C. The standard InChI is InChI=1S/C24H33N3O5/c1-15(2)19(24(32)25-20(16(3)28)13-23(30)31)12-22(29)26(4)11-10-17-14-27(5)21-9-7-6-8-18(17)21/h6-9,14-15,19-20H,10-13H2,1-5H3,(H,25,32)(H,30,31). The van der Waals surface area contributed by atoms with Crippen molar-refractivity contribution in [2.75, 3.05) is 13.6 Å². The first kappa shape index (κ1) is 25.1. The highest BCUT2D eigenvalue weighted by atomic mass is 16.4. The first-order valence-corrected chi connectivity index (χ1v) is 10.8. The lowest BCUT2D eigenvalue weighted by Gasteiger charge is -2.25. The largest absolute Gasteiger partial charge is 0.481 e. The minimum atomic E-state index is -1.17. The van der Waals surface area contributed by atoms with E-state index in [-0.39, 0.29) is 18.2 Å². The molecule has 0 aliphatic carbocycles. The molecule has 0 saturated carbocycles. The highest BCUT2D eigenvalue weighted by molar-refractivity contribution is 5.92. The van der Waals surface area contributed by atoms with E-state index in [1.54, 1.807) is 11.9 Å². The molecule has 1 heterocycles. The predicted molar refractivity (Wildman–Crippen MR) is 122 cm³/mol. The summed E-state index contributed by atoms with van der Waals surface area (Å²) in [6.07, 6.45) is 2.27. The number of aryl methyl sites for hydroxylation is 1. The molecular formula is C24H33N3O5. The van der Waals surface area contributed by atoms with Crippen LogP contribution in [0.4, 0.5) is 0 Å². The van der Waals surface area contributed by atoms with E-state index < -0.39 is 36.0 Å². The number of amides is 2. The molecule has 0 spiro atoms. The number of carboxylic acid groups (broad SMARTS) is 1. The zero-order valence-electron chi connectivity index (χ0n) is 19.4. The van der Waals surface area contributed by atoms with Crippen LogP contribution in [0.25, 0.3) is 10.9 Å². The van der Waals surface area contributed by atoms with Crippen LogP contribution in [0.2, 0.25) is 0 Å². The molecule has 2 rings (SSSR count). The summed E-state index contributed by atoms with van der Waals surface area (Å²) in [7, 11) is 3.71. The van der Waals surface area contributed by atoms with E-state index in [2.05, 4.69) is 28.2 Å². The van der Waals surface area contributed by atoms with Crippen molar-refractivity contribution in [3.8, 4) is 0 Å². The summed E-state index contributed by atoms with van der Waals surface area (Å²) in [6.45, 7) is 5.40. The van der Waals surface area contributed by atoms with Crippen LogP contribution in [0, 0.1) is 11.8 Å². The monoisotopic (exact) mass is 443 g/mol. The van der Waals surface area contributed by atoms with Crippen molar-refractivity contribution in [2.45, 2.75) is 46.1 Å². The Morgan fingerprint density at radius 3 is 2.38 bits per heavy atom. The number of nitrogens with zero attached hydrogens (tertiary/aromatic N) is 2. The molecule has 2 N–H and O–H groups in total. The van der Waals surface area contributed by atoms with Crippen molar-refractivity contribution < 1.29 is 24.3 Å². The Morgan fingerprint density at radius 2 is 1.78 bits per heavy atom. The van der Waals surface area contributed by atoms with Gasteiger partial charge in [-0.1, -0.05) is 32.0 Å². The lowest BCUT2D eigenvalue weighted by atomic mass is 9.90. The maximum Gasteiger partial charge on any atom is 0.305 e. The van der Waals surface area contributed by atoms with Crippen molar-refractivity contribution in [3.63, 3.8) is 0 Å². The molecule has 0 bridgehead atoms. The molecule has 1 aromatic carbocycles. The Bertz CT molecular complexity index is 995. The van der Waals surface area contributed by atoms with E-state index in [4.69, 9.17) is 5.11 Å². The smallest absolute Gasteiger partial charge is 0.305 e. The molecular weight excluding hydrogens is 410 g/mol. The number of Topliss-reactive ketones (excluding diaryl/α,β-unsaturated/α-hetero) is 1. The van der Waals surface area contributed by atoms with Gasteiger partial charge in [-0.2, -0.15) is 0 Å². The quantitative estimate of drug-likeness (QED) is 0.554. The Labute approximate surface area is 188 Å². The highest BCUT2D eigenvalue weighted by Crippen LogP contribution is 2.21. The number of hydrogen-bond acceptors (Lipinski definition) is 4. The molecule has 0 fully saturated rings. The topological polar surface area (TPSA) is 109 Å². The lowest BCUT2D eigenvalue weighted by Crippen LogP contribution is -2.46. The summed E-state index contributed by atoms with van der Waals surface area (Å²) < 4.78 is 2.06. The van der Waals surface area contributed by atoms with Crippen LogP contribution < -0.4 is 5.32 Å². The van der Waals surface area contributed by atoms with Gasteiger partial charge in [-0.3, -0.25) is 19.2 Å². The number of carboxylic acids is 1. The number of ketones is 1. The summed E-state index contributed by atoms with van der Waals surface area (Å²) in [5.74, 6) is -3.05. The predicted octanol–water partition coefficient (Wildman–Crippen LogP) is 2.39. The number of fused-ring (bicyclic) bond motifs is 1. The first-order chi connectivity index (χ1) is 15.0. The van der Waals surface area contributed by atoms with Gasteiger partial charge in [-0.25, -0.2) is 0 Å². The molecule has 174 valence electrons. The van der Waals surface area contributed by atoms with Crippen molar-refractivity contribution in [3.05, 3.63) is 36.0 Å². The molecule has 2 amide bonds. The zero-order valence-corrected chi connectivity index (χ0v) is 19.4. The first-order valence-electron chi connectivity index (χ1n) is 10.8. The second kappa shape index (κ2) is 10.9. The average Bonchev–Trinajstić information content (AvgIpc) is 3.04. The Kier molecular flexibility index (Phi) is 8.57. The van der Waals surface area contributed by atoms with Crippen LogP contribution in [0.5, 0.6) is 0 Å².